The van der Waals surface area contributed by atoms with Crippen LogP contribution in [0.5, 0.6) is 0 Å². The third kappa shape index (κ3) is 1.50. The second-order valence-corrected chi connectivity index (χ2v) is 4.70. The molecule has 2 saturated heterocycles. The fourth-order valence-electron chi connectivity index (χ4n) is 3.22. The van der Waals surface area contributed by atoms with E-state index < -0.39 is 0 Å². The molecule has 0 radical (unpaired) electrons. The van der Waals surface area contributed by atoms with Crippen molar-refractivity contribution >= 4 is 0 Å². The SMILES string of the molecule is CCN1C2CCC1CC(O)(CC)C2. The largest absolute Gasteiger partial charge is 0.390 e. The van der Waals surface area contributed by atoms with E-state index in [2.05, 4.69) is 18.7 Å². The molecule has 76 valence electrons. The zero-order valence-electron chi connectivity index (χ0n) is 8.79. The molecule has 2 aliphatic heterocycles. The maximum atomic E-state index is 10.2. The van der Waals surface area contributed by atoms with E-state index in [-0.39, 0.29) is 5.60 Å². The van der Waals surface area contributed by atoms with E-state index in [0.717, 1.165) is 25.8 Å². The topological polar surface area (TPSA) is 23.5 Å². The predicted molar refractivity (Wildman–Crippen MR) is 53.7 cm³/mol. The second-order valence-electron chi connectivity index (χ2n) is 4.70. The Labute approximate surface area is 80.9 Å². The highest BCUT2D eigenvalue weighted by molar-refractivity contribution is 5.00. The molecule has 13 heavy (non-hydrogen) atoms. The van der Waals surface area contributed by atoms with E-state index in [1.807, 2.05) is 0 Å². The summed E-state index contributed by atoms with van der Waals surface area (Å²) in [4.78, 5) is 2.59. The van der Waals surface area contributed by atoms with Crippen LogP contribution >= 0.6 is 0 Å². The molecular weight excluding hydrogens is 162 g/mol. The zero-order chi connectivity index (χ0) is 9.47. The minimum atomic E-state index is -0.336. The van der Waals surface area contributed by atoms with Crippen LogP contribution < -0.4 is 0 Å². The number of hydrogen-bond donors (Lipinski definition) is 1. The molecule has 2 heteroatoms. The normalized spacial score (nSPS) is 45.5. The van der Waals surface area contributed by atoms with Crippen molar-refractivity contribution in [2.45, 2.75) is 63.6 Å². The van der Waals surface area contributed by atoms with Crippen LogP contribution in [-0.2, 0) is 0 Å². The number of fused-ring (bicyclic) bond motifs is 2. The molecule has 1 N–H and O–H groups in total. The summed E-state index contributed by atoms with van der Waals surface area (Å²) in [5, 5.41) is 10.2. The van der Waals surface area contributed by atoms with Gasteiger partial charge in [-0.1, -0.05) is 13.8 Å². The molecule has 0 aromatic carbocycles. The monoisotopic (exact) mass is 183 g/mol. The highest BCUT2D eigenvalue weighted by Gasteiger charge is 2.45. The van der Waals surface area contributed by atoms with Crippen LogP contribution in [0, 0.1) is 0 Å². The third-order valence-corrected chi connectivity index (χ3v) is 4.03. The highest BCUT2D eigenvalue weighted by Crippen LogP contribution is 2.41. The van der Waals surface area contributed by atoms with Crippen molar-refractivity contribution in [3.63, 3.8) is 0 Å². The lowest BCUT2D eigenvalue weighted by Gasteiger charge is -2.43. The Balaban J connectivity index is 2.10. The lowest BCUT2D eigenvalue weighted by Crippen LogP contribution is -2.50. The first kappa shape index (κ1) is 9.47. The van der Waals surface area contributed by atoms with E-state index >= 15 is 0 Å². The lowest BCUT2D eigenvalue weighted by atomic mass is 9.84. The molecule has 2 nitrogen and oxygen atoms in total. The summed E-state index contributed by atoms with van der Waals surface area (Å²) in [6, 6.07) is 1.35. The Bertz CT molecular complexity index is 179. The van der Waals surface area contributed by atoms with Crippen molar-refractivity contribution in [3.8, 4) is 0 Å². The maximum absolute atomic E-state index is 10.2. The Morgan fingerprint density at radius 1 is 1.23 bits per heavy atom. The highest BCUT2D eigenvalue weighted by atomic mass is 16.3. The minimum Gasteiger partial charge on any atom is -0.390 e. The molecule has 0 aliphatic carbocycles. The maximum Gasteiger partial charge on any atom is 0.0675 e. The van der Waals surface area contributed by atoms with Crippen LogP contribution in [0.1, 0.15) is 46.0 Å². The summed E-state index contributed by atoms with van der Waals surface area (Å²) in [5.41, 5.74) is -0.336. The molecule has 2 unspecified atom stereocenters. The van der Waals surface area contributed by atoms with Gasteiger partial charge in [0.25, 0.3) is 0 Å². The quantitative estimate of drug-likeness (QED) is 0.705. The Hall–Kier alpha value is -0.0800. The molecule has 2 aliphatic rings. The summed E-state index contributed by atoms with van der Waals surface area (Å²) in [6.07, 6.45) is 5.56. The van der Waals surface area contributed by atoms with Crippen LogP contribution in [0.4, 0.5) is 0 Å². The number of piperidine rings is 1. The van der Waals surface area contributed by atoms with E-state index in [4.69, 9.17) is 0 Å². The van der Waals surface area contributed by atoms with Crippen LogP contribution in [0.15, 0.2) is 0 Å². The average molecular weight is 183 g/mol. The van der Waals surface area contributed by atoms with Gasteiger partial charge < -0.3 is 5.11 Å². The Morgan fingerprint density at radius 3 is 2.15 bits per heavy atom. The number of aliphatic hydroxyl groups is 1. The first-order valence-electron chi connectivity index (χ1n) is 5.66. The van der Waals surface area contributed by atoms with Crippen LogP contribution in [0.3, 0.4) is 0 Å². The summed E-state index contributed by atoms with van der Waals surface area (Å²) in [6.45, 7) is 5.51. The van der Waals surface area contributed by atoms with Crippen LogP contribution in [-0.4, -0.2) is 34.2 Å². The molecule has 0 aromatic rings. The van der Waals surface area contributed by atoms with Gasteiger partial charge in [-0.25, -0.2) is 0 Å². The van der Waals surface area contributed by atoms with Crippen molar-refractivity contribution in [1.29, 1.82) is 0 Å². The fourth-order valence-corrected chi connectivity index (χ4v) is 3.22. The van der Waals surface area contributed by atoms with Crippen molar-refractivity contribution in [1.82, 2.24) is 4.90 Å². The smallest absolute Gasteiger partial charge is 0.0675 e. The molecule has 0 amide bonds. The molecule has 2 bridgehead atoms. The minimum absolute atomic E-state index is 0.336. The van der Waals surface area contributed by atoms with Crippen molar-refractivity contribution in [2.75, 3.05) is 6.54 Å². The van der Waals surface area contributed by atoms with Gasteiger partial charge in [0.1, 0.15) is 0 Å². The van der Waals surface area contributed by atoms with Crippen molar-refractivity contribution < 1.29 is 5.11 Å². The van der Waals surface area contributed by atoms with Gasteiger partial charge in [0.05, 0.1) is 5.60 Å². The molecule has 2 rings (SSSR count). The first-order valence-corrected chi connectivity index (χ1v) is 5.66. The van der Waals surface area contributed by atoms with Gasteiger partial charge >= 0.3 is 0 Å². The summed E-state index contributed by atoms with van der Waals surface area (Å²) in [5.74, 6) is 0. The van der Waals surface area contributed by atoms with Crippen molar-refractivity contribution in [2.24, 2.45) is 0 Å². The molecule has 2 atom stereocenters. The van der Waals surface area contributed by atoms with Gasteiger partial charge in [0.2, 0.25) is 0 Å². The fraction of sp³-hybridized carbons (Fsp3) is 1.00. The van der Waals surface area contributed by atoms with E-state index in [0.29, 0.717) is 12.1 Å². The second kappa shape index (κ2) is 3.25. The molecule has 0 saturated carbocycles. The number of hydrogen-bond acceptors (Lipinski definition) is 2. The lowest BCUT2D eigenvalue weighted by molar-refractivity contribution is -0.0526. The van der Waals surface area contributed by atoms with Crippen molar-refractivity contribution in [3.05, 3.63) is 0 Å². The summed E-state index contributed by atoms with van der Waals surface area (Å²) < 4.78 is 0. The summed E-state index contributed by atoms with van der Waals surface area (Å²) in [7, 11) is 0. The van der Waals surface area contributed by atoms with Gasteiger partial charge in [-0.05, 0) is 38.6 Å². The first-order chi connectivity index (χ1) is 6.18. The number of nitrogens with zero attached hydrogens (tertiary/aromatic N) is 1. The van der Waals surface area contributed by atoms with Gasteiger partial charge in [0.15, 0.2) is 0 Å². The zero-order valence-corrected chi connectivity index (χ0v) is 8.79. The molecule has 2 fully saturated rings. The predicted octanol–water partition coefficient (Wildman–Crippen LogP) is 1.77. The molecule has 0 aromatic heterocycles. The third-order valence-electron chi connectivity index (χ3n) is 4.03. The van der Waals surface area contributed by atoms with Crippen LogP contribution in [0.25, 0.3) is 0 Å². The van der Waals surface area contributed by atoms with Gasteiger partial charge in [0, 0.05) is 12.1 Å². The average Bonchev–Trinajstić information content (AvgIpc) is 2.39. The standard InChI is InChI=1S/C11H21NO/c1-3-11(13)7-9-5-6-10(8-11)12(9)4-2/h9-10,13H,3-8H2,1-2H3. The van der Waals surface area contributed by atoms with Gasteiger partial charge in [-0.15, -0.1) is 0 Å². The molecule has 2 heterocycles. The number of rotatable bonds is 2. The molecular formula is C11H21NO. The van der Waals surface area contributed by atoms with E-state index in [1.54, 1.807) is 0 Å². The van der Waals surface area contributed by atoms with Gasteiger partial charge in [-0.3, -0.25) is 4.90 Å². The molecule has 0 spiro atoms. The Morgan fingerprint density at radius 2 is 1.77 bits per heavy atom. The van der Waals surface area contributed by atoms with E-state index in [9.17, 15) is 5.11 Å². The Kier molecular flexibility index (Phi) is 2.37. The van der Waals surface area contributed by atoms with Gasteiger partial charge in [-0.2, -0.15) is 0 Å². The van der Waals surface area contributed by atoms with E-state index in [1.165, 1.54) is 12.8 Å². The van der Waals surface area contributed by atoms with Crippen LogP contribution in [0.2, 0.25) is 0 Å². The summed E-state index contributed by atoms with van der Waals surface area (Å²) >= 11 is 0.